The molecule has 342 valence electrons. The highest BCUT2D eigenvalue weighted by Gasteiger charge is 2.28. The Balaban J connectivity index is -0.000000719. The third-order valence-electron chi connectivity index (χ3n) is 8.24. The molecule has 0 heterocycles. The second-order valence-corrected chi connectivity index (χ2v) is 15.5. The first-order valence-electron chi connectivity index (χ1n) is 20.9. The number of unbranched alkanes of at least 4 members (excludes halogenated alkanes) is 2. The molecular formula is C48H76N4O8S. The van der Waals surface area contributed by atoms with Gasteiger partial charge in [-0.1, -0.05) is 147 Å². The maximum absolute atomic E-state index is 11.6. The van der Waals surface area contributed by atoms with Gasteiger partial charge in [-0.3, -0.25) is 19.2 Å². The number of benzene rings is 3. The zero-order chi connectivity index (χ0) is 46.8. The van der Waals surface area contributed by atoms with Crippen LogP contribution in [0.1, 0.15) is 103 Å². The lowest BCUT2D eigenvalue weighted by Crippen LogP contribution is -2.44. The molecule has 3 amide bonds. The van der Waals surface area contributed by atoms with Crippen molar-refractivity contribution in [1.29, 1.82) is 0 Å². The normalized spacial score (nSPS) is 11.2. The van der Waals surface area contributed by atoms with E-state index in [1.54, 1.807) is 18.8 Å². The quantitative estimate of drug-likeness (QED) is 0.0707. The summed E-state index contributed by atoms with van der Waals surface area (Å²) in [6, 6.07) is 26.6. The van der Waals surface area contributed by atoms with Gasteiger partial charge in [0.1, 0.15) is 18.6 Å². The molecule has 0 saturated heterocycles. The summed E-state index contributed by atoms with van der Waals surface area (Å²) in [5, 5.41) is 24.1. The molecule has 3 aromatic carbocycles. The minimum absolute atomic E-state index is 0.0187. The van der Waals surface area contributed by atoms with E-state index in [0.717, 1.165) is 30.3 Å². The fourth-order valence-electron chi connectivity index (χ4n) is 5.65. The number of likely N-dealkylation sites (N-methyl/N-ethyl adjacent to an activating group) is 1. The Hall–Kier alpha value is -4.85. The number of hydrogen-bond donors (Lipinski definition) is 6. The molecule has 1 aliphatic carbocycles. The standard InChI is InChI=1S/C17H18.C12H16N2O2.C8H14N2O3S.C5H12.C4H10.CH2O2.CH4O/c1-12(2)11-17-15-9-5-3-7-13(15)14-8-4-6-10-16(14)17;1-13-11(12(16)14-7-8-15)9-10-5-3-2-4-6-10;1-14-5-2-7(10-6-12)8(13)9-3-4-11;1-3-5-4-2;1-4(2)3;2-1-3;1-2/h3-10,12,17H,11H2,1-2H3;2-6,8,11,13H,7,9H2,1H3,(H,14,16);4,6-7H,2-3,5H2,1H3,(H,9,13)(H,10,12);3-5H2,1-2H3;4H,1-3H3;1H,(H,2,3);2H,1H3. The fourth-order valence-corrected chi connectivity index (χ4v) is 6.12. The number of carboxylic acid groups (broad SMARTS) is 1. The fraction of sp³-hybridized carbons (Fsp3) is 0.500. The minimum atomic E-state index is -0.542. The summed E-state index contributed by atoms with van der Waals surface area (Å²) >= 11 is 1.59. The molecule has 0 aromatic heterocycles. The maximum Gasteiger partial charge on any atom is 0.290 e. The van der Waals surface area contributed by atoms with E-state index in [1.165, 1.54) is 47.9 Å². The summed E-state index contributed by atoms with van der Waals surface area (Å²) < 4.78 is 0. The number of fused-ring (bicyclic) bond motifs is 3. The van der Waals surface area contributed by atoms with E-state index in [4.69, 9.17) is 15.0 Å². The van der Waals surface area contributed by atoms with Gasteiger partial charge in [0.2, 0.25) is 18.2 Å². The number of aldehydes is 2. The first-order chi connectivity index (χ1) is 29.4. The smallest absolute Gasteiger partial charge is 0.290 e. The number of aliphatic hydroxyl groups is 1. The number of amides is 3. The molecule has 2 unspecified atom stereocenters. The Bertz CT molecular complexity index is 1510. The van der Waals surface area contributed by atoms with E-state index < -0.39 is 6.04 Å². The van der Waals surface area contributed by atoms with E-state index in [0.29, 0.717) is 37.7 Å². The lowest BCUT2D eigenvalue weighted by atomic mass is 9.89. The van der Waals surface area contributed by atoms with Crippen molar-refractivity contribution in [3.05, 3.63) is 95.6 Å². The van der Waals surface area contributed by atoms with Crippen molar-refractivity contribution >= 4 is 49.0 Å². The van der Waals surface area contributed by atoms with Crippen molar-refractivity contribution in [2.45, 2.75) is 105 Å². The van der Waals surface area contributed by atoms with Crippen molar-refractivity contribution in [1.82, 2.24) is 21.3 Å². The summed E-state index contributed by atoms with van der Waals surface area (Å²) in [4.78, 5) is 61.6. The Morgan fingerprint density at radius 3 is 1.51 bits per heavy atom. The lowest BCUT2D eigenvalue weighted by Gasteiger charge is -2.15. The predicted molar refractivity (Wildman–Crippen MR) is 253 cm³/mol. The summed E-state index contributed by atoms with van der Waals surface area (Å²) in [6.07, 6.45) is 10.2. The Morgan fingerprint density at radius 2 is 1.15 bits per heavy atom. The number of nitrogens with one attached hydrogen (secondary N) is 4. The molecule has 61 heavy (non-hydrogen) atoms. The van der Waals surface area contributed by atoms with Gasteiger partial charge >= 0.3 is 0 Å². The zero-order valence-electron chi connectivity index (χ0n) is 38.3. The van der Waals surface area contributed by atoms with Crippen LogP contribution in [0.2, 0.25) is 0 Å². The van der Waals surface area contributed by atoms with E-state index >= 15 is 0 Å². The number of aliphatic hydroxyl groups excluding tert-OH is 1. The highest BCUT2D eigenvalue weighted by Crippen LogP contribution is 2.47. The molecular weight excluding hydrogens is 793 g/mol. The molecule has 3 aromatic rings. The maximum atomic E-state index is 11.6. The van der Waals surface area contributed by atoms with Crippen LogP contribution < -0.4 is 21.3 Å². The Kier molecular flexibility index (Phi) is 41.5. The van der Waals surface area contributed by atoms with Crippen LogP contribution in [0.25, 0.3) is 11.1 Å². The van der Waals surface area contributed by atoms with Crippen molar-refractivity contribution < 1.29 is 39.0 Å². The molecule has 4 rings (SSSR count). The number of thioether (sulfide) groups is 1. The van der Waals surface area contributed by atoms with Crippen molar-refractivity contribution in [2.75, 3.05) is 39.3 Å². The van der Waals surface area contributed by atoms with Crippen molar-refractivity contribution in [2.24, 2.45) is 11.8 Å². The lowest BCUT2D eigenvalue weighted by molar-refractivity contribution is -0.126. The summed E-state index contributed by atoms with van der Waals surface area (Å²) in [7, 11) is 2.73. The molecule has 1 aliphatic rings. The van der Waals surface area contributed by atoms with E-state index in [1.807, 2.05) is 36.6 Å². The van der Waals surface area contributed by atoms with E-state index in [-0.39, 0.29) is 37.4 Å². The summed E-state index contributed by atoms with van der Waals surface area (Å²) in [6.45, 7) is 15.3. The number of rotatable bonds is 18. The first-order valence-corrected chi connectivity index (χ1v) is 22.3. The van der Waals surface area contributed by atoms with Gasteiger partial charge in [0.05, 0.1) is 19.1 Å². The number of hydrogen-bond acceptors (Lipinski definition) is 9. The number of carbonyl (C=O) groups is 6. The van der Waals surface area contributed by atoms with Crippen molar-refractivity contribution in [3.63, 3.8) is 0 Å². The van der Waals surface area contributed by atoms with Gasteiger partial charge in [0, 0.05) is 13.0 Å². The van der Waals surface area contributed by atoms with Crippen molar-refractivity contribution in [3.8, 4) is 11.1 Å². The molecule has 0 fully saturated rings. The Labute approximate surface area is 370 Å². The van der Waals surface area contributed by atoms with Crippen LogP contribution in [0, 0.1) is 11.8 Å². The average Bonchev–Trinajstić information content (AvgIpc) is 3.57. The third kappa shape index (κ3) is 29.9. The van der Waals surface area contributed by atoms with Gasteiger partial charge < -0.3 is 41.1 Å². The van der Waals surface area contributed by atoms with Gasteiger partial charge in [-0.25, -0.2) is 0 Å². The molecule has 13 heteroatoms. The van der Waals surface area contributed by atoms with Crippen LogP contribution >= 0.6 is 11.8 Å². The van der Waals surface area contributed by atoms with Crippen LogP contribution in [0.5, 0.6) is 0 Å². The summed E-state index contributed by atoms with van der Waals surface area (Å²) in [5.74, 6) is 2.47. The molecule has 0 spiro atoms. The van der Waals surface area contributed by atoms with Crippen LogP contribution in [-0.4, -0.2) is 98.8 Å². The Morgan fingerprint density at radius 1 is 0.721 bits per heavy atom. The van der Waals surface area contributed by atoms with Gasteiger partial charge in [0.25, 0.3) is 6.47 Å². The summed E-state index contributed by atoms with van der Waals surface area (Å²) in [5.41, 5.74) is 7.00. The molecule has 0 aliphatic heterocycles. The highest BCUT2D eigenvalue weighted by atomic mass is 32.2. The average molecular weight is 869 g/mol. The van der Waals surface area contributed by atoms with Crippen LogP contribution in [0.4, 0.5) is 0 Å². The van der Waals surface area contributed by atoms with Gasteiger partial charge in [0.15, 0.2) is 0 Å². The first kappa shape index (κ1) is 60.5. The molecule has 12 nitrogen and oxygen atoms in total. The highest BCUT2D eigenvalue weighted by molar-refractivity contribution is 7.98. The van der Waals surface area contributed by atoms with Crippen LogP contribution in [-0.2, 0) is 35.2 Å². The zero-order valence-corrected chi connectivity index (χ0v) is 39.1. The molecule has 0 saturated carbocycles. The third-order valence-corrected chi connectivity index (χ3v) is 8.88. The van der Waals surface area contributed by atoms with Crippen LogP contribution in [0.3, 0.4) is 0 Å². The minimum Gasteiger partial charge on any atom is -0.483 e. The molecule has 2 atom stereocenters. The topological polar surface area (TPSA) is 191 Å². The number of carbonyl (C=O) groups excluding carboxylic acids is 5. The van der Waals surface area contributed by atoms with E-state index in [9.17, 15) is 24.0 Å². The van der Waals surface area contributed by atoms with Gasteiger partial charge in [-0.05, 0) is 78.0 Å². The molecule has 0 bridgehead atoms. The van der Waals surface area contributed by atoms with E-state index in [2.05, 4.69) is 118 Å². The monoisotopic (exact) mass is 869 g/mol. The second kappa shape index (κ2) is 41.9. The van der Waals surface area contributed by atoms with Crippen LogP contribution in [0.15, 0.2) is 78.9 Å². The molecule has 6 N–H and O–H groups in total. The largest absolute Gasteiger partial charge is 0.483 e. The second-order valence-electron chi connectivity index (χ2n) is 14.5. The SMILES string of the molecule is CC(C)C.CC(C)CC1c2ccccc2-c2ccccc21.CCCCC.CNC(Cc1ccccc1)C(=O)NCC=O.CO.CSCCC(NC=O)C(=O)NCC=O.O=CO. The molecule has 0 radical (unpaired) electrons. The van der Waals surface area contributed by atoms with Gasteiger partial charge in [-0.15, -0.1) is 0 Å². The van der Waals surface area contributed by atoms with Gasteiger partial charge in [-0.2, -0.15) is 11.8 Å². The predicted octanol–water partition coefficient (Wildman–Crippen LogP) is 7.31.